The van der Waals surface area contributed by atoms with Gasteiger partial charge in [0.15, 0.2) is 0 Å². The number of amides is 1. The number of hydrogen-bond acceptors (Lipinski definition) is 2. The third-order valence-electron chi connectivity index (χ3n) is 4.73. The molecule has 0 spiro atoms. The maximum absolute atomic E-state index is 12.1. The number of hydrogen-bond donors (Lipinski definition) is 2. The second-order valence-corrected chi connectivity index (χ2v) is 6.60. The Morgan fingerprint density at radius 3 is 2.80 bits per heavy atom. The topological polar surface area (TPSA) is 55.1 Å². The normalized spacial score (nSPS) is 21.9. The quantitative estimate of drug-likeness (QED) is 0.865. The van der Waals surface area contributed by atoms with Crippen LogP contribution in [0.1, 0.15) is 50.2 Å². The second-order valence-electron chi connectivity index (χ2n) is 6.60. The van der Waals surface area contributed by atoms with Crippen molar-refractivity contribution in [2.24, 2.45) is 11.7 Å². The summed E-state index contributed by atoms with van der Waals surface area (Å²) in [5.74, 6) is 0.216. The number of nitrogens with one attached hydrogen (secondary N) is 1. The Kier molecular flexibility index (Phi) is 3.55. The smallest absolute Gasteiger partial charge is 0.223 e. The molecule has 108 valence electrons. The van der Waals surface area contributed by atoms with Gasteiger partial charge in [-0.1, -0.05) is 31.2 Å². The zero-order valence-corrected chi connectivity index (χ0v) is 12.2. The van der Waals surface area contributed by atoms with E-state index in [1.165, 1.54) is 17.5 Å². The van der Waals surface area contributed by atoms with E-state index in [1.54, 1.807) is 0 Å². The van der Waals surface area contributed by atoms with E-state index in [2.05, 4.69) is 29.6 Å². The van der Waals surface area contributed by atoms with Gasteiger partial charge in [0.2, 0.25) is 5.91 Å². The Bertz CT molecular complexity index is 503. The van der Waals surface area contributed by atoms with Crippen LogP contribution in [0.3, 0.4) is 0 Å². The lowest BCUT2D eigenvalue weighted by Gasteiger charge is -2.27. The van der Waals surface area contributed by atoms with Gasteiger partial charge in [0.05, 0.1) is 0 Å². The molecule has 2 saturated carbocycles. The molecule has 2 aliphatic rings. The third kappa shape index (κ3) is 2.88. The van der Waals surface area contributed by atoms with E-state index < -0.39 is 0 Å². The summed E-state index contributed by atoms with van der Waals surface area (Å²) in [5, 5.41) is 3.13. The van der Waals surface area contributed by atoms with Crippen LogP contribution < -0.4 is 11.1 Å². The Morgan fingerprint density at radius 2 is 2.20 bits per heavy atom. The minimum Gasteiger partial charge on any atom is -0.353 e. The van der Waals surface area contributed by atoms with Crippen molar-refractivity contribution in [2.45, 2.75) is 57.0 Å². The standard InChI is InChI=1S/C17H24N2O/c1-12(16(20)19-15-6-3-7-15)10-13-4-2-5-14(11-13)17(18)8-9-17/h2,4-5,11-12,15H,3,6-10,18H2,1H3,(H,19,20). The van der Waals surface area contributed by atoms with Crippen LogP contribution in [-0.2, 0) is 16.8 Å². The van der Waals surface area contributed by atoms with Crippen molar-refractivity contribution in [2.75, 3.05) is 0 Å². The first-order chi connectivity index (χ1) is 9.57. The van der Waals surface area contributed by atoms with Crippen molar-refractivity contribution >= 4 is 5.91 Å². The van der Waals surface area contributed by atoms with Crippen molar-refractivity contribution in [1.82, 2.24) is 5.32 Å². The predicted octanol–water partition coefficient (Wildman–Crippen LogP) is 2.48. The number of nitrogens with two attached hydrogens (primary N) is 1. The summed E-state index contributed by atoms with van der Waals surface area (Å²) in [6.07, 6.45) is 6.48. The minimum absolute atomic E-state index is 0.0266. The SMILES string of the molecule is CC(Cc1cccc(C2(N)CC2)c1)C(=O)NC1CCC1. The highest BCUT2D eigenvalue weighted by Gasteiger charge is 2.39. The summed E-state index contributed by atoms with van der Waals surface area (Å²) in [5.41, 5.74) is 8.59. The van der Waals surface area contributed by atoms with E-state index >= 15 is 0 Å². The summed E-state index contributed by atoms with van der Waals surface area (Å²) in [6, 6.07) is 8.88. The van der Waals surface area contributed by atoms with E-state index in [-0.39, 0.29) is 17.4 Å². The van der Waals surface area contributed by atoms with Crippen LogP contribution in [0.15, 0.2) is 24.3 Å². The lowest BCUT2D eigenvalue weighted by Crippen LogP contribution is -2.42. The molecule has 1 atom stereocenters. The Hall–Kier alpha value is -1.35. The van der Waals surface area contributed by atoms with Crippen molar-refractivity contribution < 1.29 is 4.79 Å². The molecule has 3 nitrogen and oxygen atoms in total. The van der Waals surface area contributed by atoms with E-state index in [0.717, 1.165) is 32.1 Å². The van der Waals surface area contributed by atoms with Crippen LogP contribution in [0.2, 0.25) is 0 Å². The Morgan fingerprint density at radius 1 is 1.45 bits per heavy atom. The molecule has 0 saturated heterocycles. The summed E-state index contributed by atoms with van der Waals surface area (Å²) in [4.78, 5) is 12.1. The Labute approximate surface area is 120 Å². The van der Waals surface area contributed by atoms with Gasteiger partial charge in [0.1, 0.15) is 0 Å². The van der Waals surface area contributed by atoms with Crippen molar-refractivity contribution in [1.29, 1.82) is 0 Å². The van der Waals surface area contributed by atoms with Crippen molar-refractivity contribution in [3.05, 3.63) is 35.4 Å². The summed E-state index contributed by atoms with van der Waals surface area (Å²) >= 11 is 0. The average molecular weight is 272 g/mol. The van der Waals surface area contributed by atoms with Crippen LogP contribution in [-0.4, -0.2) is 11.9 Å². The van der Waals surface area contributed by atoms with Gasteiger partial charge in [0, 0.05) is 17.5 Å². The largest absolute Gasteiger partial charge is 0.353 e. The molecule has 0 aliphatic heterocycles. The van der Waals surface area contributed by atoms with E-state index in [1.807, 2.05) is 6.92 Å². The lowest BCUT2D eigenvalue weighted by molar-refractivity contribution is -0.125. The average Bonchev–Trinajstić information content (AvgIpc) is 3.13. The maximum Gasteiger partial charge on any atom is 0.223 e. The number of carbonyl (C=O) groups is 1. The molecular formula is C17H24N2O. The molecule has 2 aliphatic carbocycles. The zero-order chi connectivity index (χ0) is 14.2. The minimum atomic E-state index is -0.0898. The van der Waals surface area contributed by atoms with Crippen LogP contribution in [0.4, 0.5) is 0 Å². The first-order valence-corrected chi connectivity index (χ1v) is 7.75. The first-order valence-electron chi connectivity index (χ1n) is 7.75. The molecule has 1 amide bonds. The van der Waals surface area contributed by atoms with Gasteiger partial charge in [-0.2, -0.15) is 0 Å². The highest BCUT2D eigenvalue weighted by Crippen LogP contribution is 2.42. The van der Waals surface area contributed by atoms with Gasteiger partial charge in [-0.3, -0.25) is 4.79 Å². The molecule has 3 N–H and O–H groups in total. The molecule has 1 aromatic carbocycles. The van der Waals surface area contributed by atoms with Crippen molar-refractivity contribution in [3.8, 4) is 0 Å². The molecule has 2 fully saturated rings. The Balaban J connectivity index is 1.60. The number of carbonyl (C=O) groups excluding carboxylic acids is 1. The highest BCUT2D eigenvalue weighted by molar-refractivity contribution is 5.79. The fourth-order valence-electron chi connectivity index (χ4n) is 2.77. The highest BCUT2D eigenvalue weighted by atomic mass is 16.1. The number of benzene rings is 1. The second kappa shape index (κ2) is 5.21. The molecule has 0 heterocycles. The fraction of sp³-hybridized carbons (Fsp3) is 0.588. The summed E-state index contributed by atoms with van der Waals surface area (Å²) < 4.78 is 0. The van der Waals surface area contributed by atoms with Gasteiger partial charge < -0.3 is 11.1 Å². The monoisotopic (exact) mass is 272 g/mol. The summed E-state index contributed by atoms with van der Waals surface area (Å²) in [6.45, 7) is 2.01. The molecule has 1 aromatic rings. The molecular weight excluding hydrogens is 248 g/mol. The molecule has 1 unspecified atom stereocenters. The molecule has 0 aromatic heterocycles. The third-order valence-corrected chi connectivity index (χ3v) is 4.73. The number of rotatable bonds is 5. The van der Waals surface area contributed by atoms with Gasteiger partial charge in [-0.25, -0.2) is 0 Å². The zero-order valence-electron chi connectivity index (χ0n) is 12.2. The van der Waals surface area contributed by atoms with E-state index in [0.29, 0.717) is 6.04 Å². The predicted molar refractivity (Wildman–Crippen MR) is 80.2 cm³/mol. The summed E-state index contributed by atoms with van der Waals surface area (Å²) in [7, 11) is 0. The van der Waals surface area contributed by atoms with Gasteiger partial charge in [0.25, 0.3) is 0 Å². The van der Waals surface area contributed by atoms with E-state index in [4.69, 9.17) is 5.73 Å². The van der Waals surface area contributed by atoms with Crippen LogP contribution in [0.25, 0.3) is 0 Å². The van der Waals surface area contributed by atoms with Crippen LogP contribution in [0, 0.1) is 5.92 Å². The lowest BCUT2D eigenvalue weighted by atomic mass is 9.91. The fourth-order valence-corrected chi connectivity index (χ4v) is 2.77. The molecule has 3 rings (SSSR count). The van der Waals surface area contributed by atoms with Gasteiger partial charge in [-0.05, 0) is 49.7 Å². The van der Waals surface area contributed by atoms with Crippen LogP contribution >= 0.6 is 0 Å². The molecule has 3 heteroatoms. The molecule has 20 heavy (non-hydrogen) atoms. The first kappa shape index (κ1) is 13.6. The molecule has 0 bridgehead atoms. The maximum atomic E-state index is 12.1. The van der Waals surface area contributed by atoms with Gasteiger partial charge >= 0.3 is 0 Å². The van der Waals surface area contributed by atoms with Crippen molar-refractivity contribution in [3.63, 3.8) is 0 Å². The van der Waals surface area contributed by atoms with Gasteiger partial charge in [-0.15, -0.1) is 0 Å². The van der Waals surface area contributed by atoms with E-state index in [9.17, 15) is 4.79 Å². The molecule has 0 radical (unpaired) electrons. The van der Waals surface area contributed by atoms with Crippen LogP contribution in [0.5, 0.6) is 0 Å².